The van der Waals surface area contributed by atoms with Gasteiger partial charge in [0.05, 0.1) is 9.85 Å². The van der Waals surface area contributed by atoms with Gasteiger partial charge in [-0.1, -0.05) is 6.07 Å². The van der Waals surface area contributed by atoms with Crippen LogP contribution in [0.4, 0.5) is 17.1 Å². The Hall–Kier alpha value is -2.75. The first-order chi connectivity index (χ1) is 10.4. The second-order valence-corrected chi connectivity index (χ2v) is 4.51. The summed E-state index contributed by atoms with van der Waals surface area (Å²) < 4.78 is 0. The molecule has 1 rings (SSSR count). The summed E-state index contributed by atoms with van der Waals surface area (Å²) in [6, 6.07) is 2.40. The van der Waals surface area contributed by atoms with E-state index in [-0.39, 0.29) is 12.1 Å². The molecule has 0 fully saturated rings. The zero-order chi connectivity index (χ0) is 16.7. The Bertz CT molecular complexity index is 577. The zero-order valence-electron chi connectivity index (χ0n) is 11.6. The third-order valence-corrected chi connectivity index (χ3v) is 2.97. The van der Waals surface area contributed by atoms with Crippen LogP contribution < -0.4 is 11.1 Å². The van der Waals surface area contributed by atoms with Gasteiger partial charge in [-0.05, 0) is 31.9 Å². The van der Waals surface area contributed by atoms with Gasteiger partial charge in [-0.15, -0.1) is 0 Å². The highest BCUT2D eigenvalue weighted by Gasteiger charge is 2.30. The molecule has 1 atom stereocenters. The van der Waals surface area contributed by atoms with E-state index < -0.39 is 33.2 Å². The second kappa shape index (κ2) is 7.88. The minimum absolute atomic E-state index is 0.195. The fourth-order valence-electron chi connectivity index (χ4n) is 1.92. The molecule has 1 aromatic carbocycles. The van der Waals surface area contributed by atoms with Crippen molar-refractivity contribution in [2.75, 3.05) is 11.9 Å². The van der Waals surface area contributed by atoms with Crippen LogP contribution >= 0.6 is 0 Å². The minimum atomic E-state index is -1.20. The Morgan fingerprint density at radius 2 is 1.95 bits per heavy atom. The highest BCUT2D eigenvalue weighted by molar-refractivity contribution is 5.80. The van der Waals surface area contributed by atoms with Crippen LogP contribution in [0.1, 0.15) is 19.3 Å². The molecule has 0 aromatic heterocycles. The first-order valence-electron chi connectivity index (χ1n) is 6.49. The van der Waals surface area contributed by atoms with Crippen LogP contribution in [-0.4, -0.2) is 33.5 Å². The molecule has 0 saturated heterocycles. The minimum Gasteiger partial charge on any atom is -0.480 e. The maximum absolute atomic E-state index is 11.2. The Morgan fingerprint density at radius 1 is 1.27 bits per heavy atom. The van der Waals surface area contributed by atoms with E-state index in [4.69, 9.17) is 10.8 Å². The Balaban J connectivity index is 3.08. The van der Waals surface area contributed by atoms with Crippen molar-refractivity contribution in [1.82, 2.24) is 0 Å². The Morgan fingerprint density at radius 3 is 2.45 bits per heavy atom. The van der Waals surface area contributed by atoms with E-state index in [0.29, 0.717) is 19.4 Å². The van der Waals surface area contributed by atoms with E-state index in [2.05, 4.69) is 5.32 Å². The molecule has 0 aliphatic carbocycles. The molecular formula is C12H16N4O6. The van der Waals surface area contributed by atoms with Crippen molar-refractivity contribution in [1.29, 1.82) is 0 Å². The number of hydrogen-bond donors (Lipinski definition) is 3. The number of nitro benzene ring substituents is 2. The van der Waals surface area contributed by atoms with Gasteiger partial charge in [0.15, 0.2) is 0 Å². The predicted octanol–water partition coefficient (Wildman–Crippen LogP) is 1.50. The molecule has 0 saturated carbocycles. The van der Waals surface area contributed by atoms with Gasteiger partial charge in [-0.25, -0.2) is 4.79 Å². The molecule has 0 spiro atoms. The van der Waals surface area contributed by atoms with Gasteiger partial charge in [0.2, 0.25) is 0 Å². The van der Waals surface area contributed by atoms with Gasteiger partial charge in [0.25, 0.3) is 0 Å². The second-order valence-electron chi connectivity index (χ2n) is 4.51. The molecule has 4 N–H and O–H groups in total. The summed E-state index contributed by atoms with van der Waals surface area (Å²) in [5, 5.41) is 33.5. The number of nitrogens with one attached hydrogen (secondary N) is 1. The van der Waals surface area contributed by atoms with E-state index in [1.165, 1.54) is 12.1 Å². The van der Waals surface area contributed by atoms with E-state index in [0.717, 1.165) is 6.07 Å². The van der Waals surface area contributed by atoms with Gasteiger partial charge in [-0.3, -0.25) is 20.2 Å². The summed E-state index contributed by atoms with van der Waals surface area (Å²) >= 11 is 0. The molecule has 0 radical (unpaired) electrons. The summed E-state index contributed by atoms with van der Waals surface area (Å²) in [5.41, 5.74) is 3.69. The summed E-state index contributed by atoms with van der Waals surface area (Å²) in [6.07, 6.45) is 1.33. The predicted molar refractivity (Wildman–Crippen MR) is 77.7 cm³/mol. The zero-order valence-corrected chi connectivity index (χ0v) is 11.6. The van der Waals surface area contributed by atoms with Crippen molar-refractivity contribution in [2.45, 2.75) is 25.3 Å². The van der Waals surface area contributed by atoms with Crippen molar-refractivity contribution < 1.29 is 19.7 Å². The molecule has 10 heteroatoms. The molecule has 0 heterocycles. The highest BCUT2D eigenvalue weighted by atomic mass is 16.6. The van der Waals surface area contributed by atoms with Crippen LogP contribution in [0.3, 0.4) is 0 Å². The number of para-hydroxylation sites is 1. The number of benzene rings is 1. The molecule has 10 nitrogen and oxygen atoms in total. The summed E-state index contributed by atoms with van der Waals surface area (Å²) in [5.74, 6) is -1.20. The lowest BCUT2D eigenvalue weighted by Gasteiger charge is -2.15. The number of rotatable bonds is 9. The van der Waals surface area contributed by atoms with Gasteiger partial charge < -0.3 is 16.2 Å². The monoisotopic (exact) mass is 312 g/mol. The molecule has 22 heavy (non-hydrogen) atoms. The first-order valence-corrected chi connectivity index (χ1v) is 6.49. The summed E-state index contributed by atoms with van der Waals surface area (Å²) in [7, 11) is 0. The largest absolute Gasteiger partial charge is 0.480 e. The van der Waals surface area contributed by atoms with Crippen LogP contribution in [0.15, 0.2) is 18.2 Å². The Labute approximate surface area is 125 Å². The Kier molecular flexibility index (Phi) is 6.20. The molecule has 1 aromatic rings. The fraction of sp³-hybridized carbons (Fsp3) is 0.417. The van der Waals surface area contributed by atoms with Gasteiger partial charge >= 0.3 is 17.3 Å². The van der Waals surface area contributed by atoms with Crippen molar-refractivity contribution in [2.24, 2.45) is 5.73 Å². The topological polar surface area (TPSA) is 162 Å². The number of unbranched alkanes of at least 4 members (excludes halogenated alkanes) is 1. The van der Waals surface area contributed by atoms with Gasteiger partial charge in [0.1, 0.15) is 11.7 Å². The van der Waals surface area contributed by atoms with Crippen LogP contribution in [0.2, 0.25) is 0 Å². The first kappa shape index (κ1) is 17.3. The molecule has 0 unspecified atom stereocenters. The lowest BCUT2D eigenvalue weighted by atomic mass is 10.1. The summed E-state index contributed by atoms with van der Waals surface area (Å²) in [4.78, 5) is 31.3. The van der Waals surface area contributed by atoms with Gasteiger partial charge in [-0.2, -0.15) is 0 Å². The maximum Gasteiger partial charge on any atom is 0.368 e. The summed E-state index contributed by atoms with van der Waals surface area (Å²) in [6.45, 7) is 0.406. The van der Waals surface area contributed by atoms with E-state index >= 15 is 0 Å². The number of nitro groups is 2. The van der Waals surface area contributed by atoms with Crippen LogP contribution in [0, 0.1) is 20.2 Å². The fourth-order valence-corrected chi connectivity index (χ4v) is 1.92. The number of nitrogens with two attached hydrogens (primary N) is 1. The number of carboxylic acid groups (broad SMARTS) is 1. The number of nitrogens with zero attached hydrogens (tertiary/aromatic N) is 2. The van der Waals surface area contributed by atoms with E-state index in [1.54, 1.807) is 0 Å². The standard InChI is InChI=1S/C12H16N4O6/c13-7-2-1-4-9(12(17)18)14-8-5-3-6-10(15(19)20)11(8)16(21)22/h3,5-6,9,14H,1-2,4,7,13H2,(H,17,18)/t9-/m0/s1. The van der Waals surface area contributed by atoms with Crippen LogP contribution in [0.25, 0.3) is 0 Å². The van der Waals surface area contributed by atoms with Crippen molar-refractivity contribution in [3.63, 3.8) is 0 Å². The molecule has 0 amide bonds. The lowest BCUT2D eigenvalue weighted by molar-refractivity contribution is -0.421. The number of anilines is 1. The van der Waals surface area contributed by atoms with Crippen molar-refractivity contribution in [3.05, 3.63) is 38.4 Å². The lowest BCUT2D eigenvalue weighted by Crippen LogP contribution is -2.29. The SMILES string of the molecule is NCCCC[C@H](Nc1cccc([N+](=O)[O-])c1[N+](=O)[O-])C(=O)O. The molecular weight excluding hydrogens is 296 g/mol. The third-order valence-electron chi connectivity index (χ3n) is 2.97. The number of carbonyl (C=O) groups is 1. The molecule has 0 aliphatic heterocycles. The molecule has 0 aliphatic rings. The average molecular weight is 312 g/mol. The number of carboxylic acids is 1. The smallest absolute Gasteiger partial charge is 0.368 e. The number of aliphatic carboxylic acids is 1. The van der Waals surface area contributed by atoms with E-state index in [9.17, 15) is 25.0 Å². The highest BCUT2D eigenvalue weighted by Crippen LogP contribution is 2.34. The third kappa shape index (κ3) is 4.38. The molecule has 120 valence electrons. The van der Waals surface area contributed by atoms with Crippen LogP contribution in [0.5, 0.6) is 0 Å². The van der Waals surface area contributed by atoms with E-state index in [1.807, 2.05) is 0 Å². The normalized spacial score (nSPS) is 11.7. The molecule has 0 bridgehead atoms. The van der Waals surface area contributed by atoms with Gasteiger partial charge in [0, 0.05) is 6.07 Å². The van der Waals surface area contributed by atoms with Crippen molar-refractivity contribution >= 4 is 23.0 Å². The number of hydrogen-bond acceptors (Lipinski definition) is 7. The quantitative estimate of drug-likeness (QED) is 0.351. The maximum atomic E-state index is 11.2. The van der Waals surface area contributed by atoms with Crippen molar-refractivity contribution in [3.8, 4) is 0 Å². The van der Waals surface area contributed by atoms with Crippen LogP contribution in [-0.2, 0) is 4.79 Å². The average Bonchev–Trinajstić information content (AvgIpc) is 2.45.